The van der Waals surface area contributed by atoms with Crippen LogP contribution in [-0.2, 0) is 23.7 Å². The molecule has 2 aliphatic rings. The molecular weight excluding hydrogens is 1150 g/mol. The van der Waals surface area contributed by atoms with Crippen LogP contribution in [0, 0.1) is 0 Å². The van der Waals surface area contributed by atoms with E-state index in [-0.39, 0.29) is 18.9 Å². The van der Waals surface area contributed by atoms with Crippen LogP contribution in [0.5, 0.6) is 0 Å². The molecule has 0 radical (unpaired) electrons. The second-order valence-corrected chi connectivity index (χ2v) is 26.0. The third-order valence-electron chi connectivity index (χ3n) is 17.8. The van der Waals surface area contributed by atoms with Crippen molar-refractivity contribution in [2.24, 2.45) is 0 Å². The summed E-state index contributed by atoms with van der Waals surface area (Å²) in [6.07, 6.45) is 67.9. The van der Waals surface area contributed by atoms with Gasteiger partial charge in [0.2, 0.25) is 5.91 Å². The molecule has 14 nitrogen and oxygen atoms in total. The molecule has 528 valence electrons. The van der Waals surface area contributed by atoms with Crippen molar-refractivity contribution in [3.63, 3.8) is 0 Å². The standard InChI is InChI=1S/C77H137NO13/c1-3-5-7-9-11-13-15-17-19-21-23-25-27-28-29-30-31-32-33-34-35-36-37-38-39-41-43-45-47-49-51-53-55-57-59-61-69(82)78-65(64-88-76-74(87)72(85)75(68(63-80)90-76)91-77-73(86)71(84)70(83)67(62-79)89-77)66(81)60-58-56-54-52-50-48-46-44-42-40-26-24-22-20-18-16-14-12-10-8-6-4-2/h5,7,11,13,17,19,23,25,28-29,50,52,58,60,65-68,70-77,79-81,83-87H,3-4,6,8-10,12,14-16,18,20-22,24,26-27,30-49,51,53-57,59,61-64H2,1-2H3,(H,78,82)/b7-5-,13-11-,19-17-,25-23-,29-28-,52-50+,60-58+. The minimum Gasteiger partial charge on any atom is -0.394 e. The lowest BCUT2D eigenvalue weighted by Gasteiger charge is -2.46. The summed E-state index contributed by atoms with van der Waals surface area (Å²) in [4.78, 5) is 13.4. The molecule has 0 aromatic rings. The van der Waals surface area contributed by atoms with Crippen LogP contribution in [0.2, 0.25) is 0 Å². The van der Waals surface area contributed by atoms with Crippen molar-refractivity contribution < 1.29 is 64.6 Å². The van der Waals surface area contributed by atoms with E-state index in [0.717, 1.165) is 64.2 Å². The van der Waals surface area contributed by atoms with E-state index in [1.165, 1.54) is 205 Å². The van der Waals surface area contributed by atoms with Crippen LogP contribution in [0.4, 0.5) is 0 Å². The van der Waals surface area contributed by atoms with E-state index < -0.39 is 86.8 Å². The second-order valence-electron chi connectivity index (χ2n) is 26.0. The average Bonchev–Trinajstić information content (AvgIpc) is 0.888. The van der Waals surface area contributed by atoms with Gasteiger partial charge in [0.1, 0.15) is 48.8 Å². The Labute approximate surface area is 554 Å². The zero-order valence-corrected chi connectivity index (χ0v) is 57.6. The number of unbranched alkanes of at least 4 members (excludes halogenated alkanes) is 36. The highest BCUT2D eigenvalue weighted by atomic mass is 16.7. The molecule has 12 atom stereocenters. The van der Waals surface area contributed by atoms with Crippen molar-refractivity contribution >= 4 is 5.91 Å². The molecule has 1 amide bonds. The fraction of sp³-hybridized carbons (Fsp3) is 0.805. The van der Waals surface area contributed by atoms with Gasteiger partial charge in [0.05, 0.1) is 32.0 Å². The first-order valence-corrected chi connectivity index (χ1v) is 37.3. The number of hydrogen-bond acceptors (Lipinski definition) is 13. The summed E-state index contributed by atoms with van der Waals surface area (Å²) >= 11 is 0. The van der Waals surface area contributed by atoms with Crippen molar-refractivity contribution in [2.45, 2.75) is 376 Å². The Morgan fingerprint density at radius 3 is 1.21 bits per heavy atom. The molecule has 2 heterocycles. The number of ether oxygens (including phenoxy) is 4. The number of rotatable bonds is 61. The molecule has 91 heavy (non-hydrogen) atoms. The summed E-state index contributed by atoms with van der Waals surface area (Å²) in [5.74, 6) is -0.246. The Morgan fingerprint density at radius 2 is 0.769 bits per heavy atom. The van der Waals surface area contributed by atoms with Crippen molar-refractivity contribution in [1.29, 1.82) is 0 Å². The maximum absolute atomic E-state index is 13.4. The van der Waals surface area contributed by atoms with E-state index in [1.54, 1.807) is 6.08 Å². The molecule has 14 heteroatoms. The third kappa shape index (κ3) is 44.5. The third-order valence-corrected chi connectivity index (χ3v) is 17.8. The number of nitrogens with one attached hydrogen (secondary N) is 1. The van der Waals surface area contributed by atoms with E-state index in [4.69, 9.17) is 18.9 Å². The number of aliphatic hydroxyl groups is 8. The Kier molecular flexibility index (Phi) is 56.3. The molecule has 2 rings (SSSR count). The normalized spacial score (nSPS) is 23.3. The molecule has 2 aliphatic heterocycles. The molecule has 0 spiro atoms. The van der Waals surface area contributed by atoms with Crippen LogP contribution in [0.15, 0.2) is 85.1 Å². The first-order chi connectivity index (χ1) is 44.6. The summed E-state index contributed by atoms with van der Waals surface area (Å²) in [7, 11) is 0. The van der Waals surface area contributed by atoms with Crippen LogP contribution in [-0.4, -0.2) is 140 Å². The van der Waals surface area contributed by atoms with E-state index in [9.17, 15) is 45.6 Å². The molecule has 0 aliphatic carbocycles. The number of hydrogen-bond donors (Lipinski definition) is 9. The van der Waals surface area contributed by atoms with Crippen molar-refractivity contribution in [3.8, 4) is 0 Å². The Bertz CT molecular complexity index is 1850. The number of carbonyl (C=O) groups excluding carboxylic acids is 1. The first-order valence-electron chi connectivity index (χ1n) is 37.3. The SMILES string of the molecule is CC/C=C\C/C=C\C/C=C\C/C=C\C/C=C\CCCCCCCCCCCCCCCCCCCCCC(=O)NC(COC1OC(CO)C(OC2OC(CO)C(O)C(O)C2O)C(O)C1O)C(O)/C=C/CC/C=C/CCCCCCCCCCCCCCCCCC. The molecule has 12 unspecified atom stereocenters. The zero-order chi connectivity index (χ0) is 65.9. The van der Waals surface area contributed by atoms with Gasteiger partial charge in [-0.2, -0.15) is 0 Å². The van der Waals surface area contributed by atoms with Gasteiger partial charge in [-0.05, 0) is 77.0 Å². The average molecular weight is 1280 g/mol. The van der Waals surface area contributed by atoms with Crippen LogP contribution in [0.1, 0.15) is 303 Å². The van der Waals surface area contributed by atoms with Crippen molar-refractivity contribution in [1.82, 2.24) is 5.32 Å². The molecule has 2 saturated heterocycles. The van der Waals surface area contributed by atoms with Gasteiger partial charge in [-0.15, -0.1) is 0 Å². The molecule has 9 N–H and O–H groups in total. The van der Waals surface area contributed by atoms with Gasteiger partial charge in [0.15, 0.2) is 12.6 Å². The lowest BCUT2D eigenvalue weighted by Crippen LogP contribution is -2.65. The van der Waals surface area contributed by atoms with Gasteiger partial charge < -0.3 is 65.1 Å². The summed E-state index contributed by atoms with van der Waals surface area (Å²) in [6.45, 7) is 2.70. The van der Waals surface area contributed by atoms with E-state index in [0.29, 0.717) is 12.8 Å². The quantitative estimate of drug-likeness (QED) is 0.0204. The minimum atomic E-state index is -1.79. The number of aliphatic hydroxyl groups excluding tert-OH is 8. The molecular formula is C77H137NO13. The summed E-state index contributed by atoms with van der Waals surface area (Å²) in [5, 5.41) is 87.5. The van der Waals surface area contributed by atoms with Crippen LogP contribution < -0.4 is 5.32 Å². The smallest absolute Gasteiger partial charge is 0.220 e. The van der Waals surface area contributed by atoms with Gasteiger partial charge >= 0.3 is 0 Å². The zero-order valence-electron chi connectivity index (χ0n) is 57.6. The molecule has 0 bridgehead atoms. The predicted molar refractivity (Wildman–Crippen MR) is 373 cm³/mol. The number of amides is 1. The van der Waals surface area contributed by atoms with E-state index >= 15 is 0 Å². The first kappa shape index (κ1) is 84.3. The Morgan fingerprint density at radius 1 is 0.407 bits per heavy atom. The largest absolute Gasteiger partial charge is 0.394 e. The second kappa shape index (κ2) is 60.8. The number of allylic oxidation sites excluding steroid dienone is 13. The van der Waals surface area contributed by atoms with E-state index in [2.05, 4.69) is 92.1 Å². The highest BCUT2D eigenvalue weighted by molar-refractivity contribution is 5.76. The fourth-order valence-electron chi connectivity index (χ4n) is 11.9. The lowest BCUT2D eigenvalue weighted by molar-refractivity contribution is -0.359. The van der Waals surface area contributed by atoms with Crippen molar-refractivity contribution in [2.75, 3.05) is 19.8 Å². The molecule has 2 fully saturated rings. The maximum atomic E-state index is 13.4. The van der Waals surface area contributed by atoms with Crippen LogP contribution in [0.3, 0.4) is 0 Å². The van der Waals surface area contributed by atoms with Crippen LogP contribution >= 0.6 is 0 Å². The molecule has 0 aromatic heterocycles. The highest BCUT2D eigenvalue weighted by Gasteiger charge is 2.51. The Balaban J connectivity index is 1.64. The van der Waals surface area contributed by atoms with Gasteiger partial charge in [0, 0.05) is 6.42 Å². The summed E-state index contributed by atoms with van der Waals surface area (Å²) < 4.78 is 22.9. The predicted octanol–water partition coefficient (Wildman–Crippen LogP) is 16.0. The van der Waals surface area contributed by atoms with E-state index in [1.807, 2.05) is 6.08 Å². The van der Waals surface area contributed by atoms with Crippen molar-refractivity contribution in [3.05, 3.63) is 85.1 Å². The monoisotopic (exact) mass is 1280 g/mol. The summed E-state index contributed by atoms with van der Waals surface area (Å²) in [5.41, 5.74) is 0. The van der Waals surface area contributed by atoms with Gasteiger partial charge in [-0.3, -0.25) is 4.79 Å². The topological polar surface area (TPSA) is 228 Å². The van der Waals surface area contributed by atoms with Gasteiger partial charge in [0.25, 0.3) is 0 Å². The Hall–Kier alpha value is -2.83. The lowest BCUT2D eigenvalue weighted by atomic mass is 9.97. The molecule has 0 saturated carbocycles. The van der Waals surface area contributed by atoms with Gasteiger partial charge in [-0.25, -0.2) is 0 Å². The highest BCUT2D eigenvalue weighted by Crippen LogP contribution is 2.30. The molecule has 0 aromatic carbocycles. The minimum absolute atomic E-state index is 0.246. The van der Waals surface area contributed by atoms with Crippen LogP contribution in [0.25, 0.3) is 0 Å². The maximum Gasteiger partial charge on any atom is 0.220 e. The fourth-order valence-corrected chi connectivity index (χ4v) is 11.9. The van der Waals surface area contributed by atoms with Gasteiger partial charge in [-0.1, -0.05) is 304 Å². The number of carbonyl (C=O) groups is 1. The summed E-state index contributed by atoms with van der Waals surface area (Å²) in [6, 6.07) is -0.935.